The fourth-order valence-electron chi connectivity index (χ4n) is 1.50. The van der Waals surface area contributed by atoms with Gasteiger partial charge in [-0.25, -0.2) is 8.42 Å². The van der Waals surface area contributed by atoms with E-state index in [9.17, 15) is 13.2 Å². The van der Waals surface area contributed by atoms with Gasteiger partial charge in [0, 0.05) is 6.04 Å². The van der Waals surface area contributed by atoms with E-state index in [1.165, 1.54) is 6.92 Å². The largest absolute Gasteiger partial charge is 0.353 e. The van der Waals surface area contributed by atoms with E-state index in [1.54, 1.807) is 38.1 Å². The Balaban J connectivity index is 2.78. The quantitative estimate of drug-likeness (QED) is 0.881. The molecule has 4 nitrogen and oxygen atoms in total. The predicted molar refractivity (Wildman–Crippen MR) is 71.8 cm³/mol. The normalized spacial score (nSPS) is 13.3. The van der Waals surface area contributed by atoms with Gasteiger partial charge >= 0.3 is 0 Å². The van der Waals surface area contributed by atoms with E-state index >= 15 is 0 Å². The second kappa shape index (κ2) is 6.00. The minimum Gasteiger partial charge on any atom is -0.353 e. The molecule has 1 N–H and O–H groups in total. The molecule has 0 fully saturated rings. The van der Waals surface area contributed by atoms with Crippen LogP contribution in [0.25, 0.3) is 0 Å². The lowest BCUT2D eigenvalue weighted by atomic mass is 10.2. The molecule has 0 saturated heterocycles. The van der Waals surface area contributed by atoms with Crippen LogP contribution in [0.2, 0.25) is 0 Å². The number of benzene rings is 1. The first-order valence-corrected chi connectivity index (χ1v) is 7.60. The molecular weight excluding hydrogens is 250 g/mol. The van der Waals surface area contributed by atoms with Gasteiger partial charge in [0.25, 0.3) is 0 Å². The number of rotatable bonds is 5. The highest BCUT2D eigenvalue weighted by molar-refractivity contribution is 7.92. The van der Waals surface area contributed by atoms with Gasteiger partial charge in [-0.15, -0.1) is 0 Å². The third-order valence-corrected chi connectivity index (χ3v) is 4.58. The summed E-state index contributed by atoms with van der Waals surface area (Å²) in [6.07, 6.45) is 0. The van der Waals surface area contributed by atoms with Crippen molar-refractivity contribution in [3.8, 4) is 0 Å². The van der Waals surface area contributed by atoms with Gasteiger partial charge < -0.3 is 5.32 Å². The Hall–Kier alpha value is -1.36. The highest BCUT2D eigenvalue weighted by Crippen LogP contribution is 2.11. The summed E-state index contributed by atoms with van der Waals surface area (Å²) in [7, 11) is -3.47. The Bertz CT molecular complexity index is 494. The maximum Gasteiger partial charge on any atom is 0.238 e. The summed E-state index contributed by atoms with van der Waals surface area (Å²) in [5, 5.41) is 1.59. The smallest absolute Gasteiger partial charge is 0.238 e. The molecule has 1 amide bonds. The topological polar surface area (TPSA) is 63.2 Å². The standard InChI is InChI=1S/C13H19NO3S/c1-10(2)14-13(15)11(3)18(16,17)9-12-7-5-4-6-8-12/h4-8,10-11H,9H2,1-3H3,(H,14,15)/t11-/m1/s1. The van der Waals surface area contributed by atoms with Crippen LogP contribution in [0.3, 0.4) is 0 Å². The van der Waals surface area contributed by atoms with Gasteiger partial charge in [-0.05, 0) is 26.3 Å². The van der Waals surface area contributed by atoms with E-state index in [0.29, 0.717) is 5.56 Å². The average Bonchev–Trinajstić information content (AvgIpc) is 2.27. The summed E-state index contributed by atoms with van der Waals surface area (Å²) in [5.74, 6) is -0.554. The van der Waals surface area contributed by atoms with Crippen molar-refractivity contribution in [2.45, 2.75) is 37.8 Å². The molecule has 1 atom stereocenters. The summed E-state index contributed by atoms with van der Waals surface area (Å²) in [4.78, 5) is 11.7. The second-order valence-corrected chi connectivity index (χ2v) is 6.92. The third-order valence-electron chi connectivity index (χ3n) is 2.55. The van der Waals surface area contributed by atoms with Crippen LogP contribution in [-0.4, -0.2) is 25.6 Å². The van der Waals surface area contributed by atoms with Crippen LogP contribution in [-0.2, 0) is 20.4 Å². The molecule has 0 radical (unpaired) electrons. The minimum atomic E-state index is -3.47. The van der Waals surface area contributed by atoms with Gasteiger partial charge in [0.2, 0.25) is 5.91 Å². The monoisotopic (exact) mass is 269 g/mol. The van der Waals surface area contributed by atoms with Crippen molar-refractivity contribution in [3.63, 3.8) is 0 Å². The highest BCUT2D eigenvalue weighted by Gasteiger charge is 2.28. The number of amides is 1. The van der Waals surface area contributed by atoms with Gasteiger partial charge in [0.05, 0.1) is 5.75 Å². The first-order valence-electron chi connectivity index (χ1n) is 5.89. The van der Waals surface area contributed by atoms with Crippen molar-refractivity contribution in [3.05, 3.63) is 35.9 Å². The number of carbonyl (C=O) groups is 1. The molecule has 0 bridgehead atoms. The van der Waals surface area contributed by atoms with Crippen molar-refractivity contribution in [2.24, 2.45) is 0 Å². The number of hydrogen-bond acceptors (Lipinski definition) is 3. The van der Waals surface area contributed by atoms with Crippen LogP contribution in [0, 0.1) is 0 Å². The van der Waals surface area contributed by atoms with Crippen molar-refractivity contribution in [2.75, 3.05) is 0 Å². The summed E-state index contributed by atoms with van der Waals surface area (Å²) >= 11 is 0. The predicted octanol–water partition coefficient (Wildman–Crippen LogP) is 1.51. The Kier molecular flexibility index (Phi) is 4.90. The molecule has 0 aliphatic heterocycles. The molecule has 0 aliphatic rings. The van der Waals surface area contributed by atoms with Crippen molar-refractivity contribution < 1.29 is 13.2 Å². The lowest BCUT2D eigenvalue weighted by Crippen LogP contribution is -2.41. The molecule has 0 heterocycles. The summed E-state index contributed by atoms with van der Waals surface area (Å²) in [6.45, 7) is 5.03. The van der Waals surface area contributed by atoms with Crippen molar-refractivity contribution in [1.29, 1.82) is 0 Å². The maximum absolute atomic E-state index is 12.1. The fraction of sp³-hybridized carbons (Fsp3) is 0.462. The third kappa shape index (κ3) is 4.14. The van der Waals surface area contributed by atoms with Crippen molar-refractivity contribution in [1.82, 2.24) is 5.32 Å². The summed E-state index contributed by atoms with van der Waals surface area (Å²) in [5.41, 5.74) is 0.696. The lowest BCUT2D eigenvalue weighted by Gasteiger charge is -2.15. The number of sulfone groups is 1. The molecule has 5 heteroatoms. The molecule has 1 aromatic carbocycles. The summed E-state index contributed by atoms with van der Waals surface area (Å²) in [6, 6.07) is 8.81. The number of carbonyl (C=O) groups excluding carboxylic acids is 1. The van der Waals surface area contributed by atoms with E-state index in [4.69, 9.17) is 0 Å². The molecule has 0 spiro atoms. The maximum atomic E-state index is 12.1. The minimum absolute atomic E-state index is 0.0631. The Morgan fingerprint density at radius 1 is 1.17 bits per heavy atom. The zero-order chi connectivity index (χ0) is 13.8. The van der Waals surface area contributed by atoms with E-state index in [1.807, 2.05) is 6.07 Å². The van der Waals surface area contributed by atoms with E-state index in [-0.39, 0.29) is 11.8 Å². The van der Waals surface area contributed by atoms with Crippen LogP contribution in [0.5, 0.6) is 0 Å². The first kappa shape index (κ1) is 14.7. The van der Waals surface area contributed by atoms with Crippen LogP contribution in [0.15, 0.2) is 30.3 Å². The molecule has 0 aliphatic carbocycles. The molecule has 18 heavy (non-hydrogen) atoms. The molecule has 1 rings (SSSR count). The van der Waals surface area contributed by atoms with Gasteiger partial charge in [-0.3, -0.25) is 4.79 Å². The zero-order valence-electron chi connectivity index (χ0n) is 10.9. The van der Waals surface area contributed by atoms with Gasteiger partial charge in [-0.1, -0.05) is 30.3 Å². The Morgan fingerprint density at radius 2 is 1.72 bits per heavy atom. The Labute approximate surface area is 108 Å². The average molecular weight is 269 g/mol. The molecule has 100 valence electrons. The molecule has 1 aromatic rings. The summed E-state index contributed by atoms with van der Waals surface area (Å²) < 4.78 is 24.1. The van der Waals surface area contributed by atoms with E-state index in [0.717, 1.165) is 0 Å². The zero-order valence-corrected chi connectivity index (χ0v) is 11.7. The fourth-order valence-corrected chi connectivity index (χ4v) is 2.80. The van der Waals surface area contributed by atoms with E-state index < -0.39 is 21.0 Å². The molecule has 0 saturated carbocycles. The SMILES string of the molecule is CC(C)NC(=O)[C@@H](C)S(=O)(=O)Cc1ccccc1. The number of hydrogen-bond donors (Lipinski definition) is 1. The van der Waals surface area contributed by atoms with Gasteiger partial charge in [-0.2, -0.15) is 0 Å². The second-order valence-electron chi connectivity index (χ2n) is 4.60. The highest BCUT2D eigenvalue weighted by atomic mass is 32.2. The molecular formula is C13H19NO3S. The molecule has 0 aromatic heterocycles. The van der Waals surface area contributed by atoms with Crippen molar-refractivity contribution >= 4 is 15.7 Å². The first-order chi connectivity index (χ1) is 8.33. The van der Waals surface area contributed by atoms with Gasteiger partial charge in [0.15, 0.2) is 9.84 Å². The Morgan fingerprint density at radius 3 is 2.22 bits per heavy atom. The van der Waals surface area contributed by atoms with Crippen LogP contribution >= 0.6 is 0 Å². The van der Waals surface area contributed by atoms with E-state index in [2.05, 4.69) is 5.32 Å². The van der Waals surface area contributed by atoms with Crippen LogP contribution in [0.1, 0.15) is 26.3 Å². The van der Waals surface area contributed by atoms with Crippen LogP contribution in [0.4, 0.5) is 0 Å². The molecule has 0 unspecified atom stereocenters. The van der Waals surface area contributed by atoms with Crippen LogP contribution < -0.4 is 5.32 Å². The number of nitrogens with one attached hydrogen (secondary N) is 1. The van der Waals surface area contributed by atoms with Gasteiger partial charge in [0.1, 0.15) is 5.25 Å². The lowest BCUT2D eigenvalue weighted by molar-refractivity contribution is -0.120.